The molecule has 4 rings (SSSR count). The summed E-state index contributed by atoms with van der Waals surface area (Å²) in [6.45, 7) is 2.43. The summed E-state index contributed by atoms with van der Waals surface area (Å²) in [5.74, 6) is 0.189. The van der Waals surface area contributed by atoms with Crippen LogP contribution in [0.4, 0.5) is 4.39 Å². The summed E-state index contributed by atoms with van der Waals surface area (Å²) in [5.41, 5.74) is 0.569. The lowest BCUT2D eigenvalue weighted by Crippen LogP contribution is -2.47. The van der Waals surface area contributed by atoms with Crippen molar-refractivity contribution in [1.29, 1.82) is 0 Å². The molecule has 2 aromatic rings. The molecule has 25 heavy (non-hydrogen) atoms. The molecule has 0 saturated carbocycles. The van der Waals surface area contributed by atoms with Gasteiger partial charge in [0.15, 0.2) is 0 Å². The Hall–Kier alpha value is -2.21. The molecule has 0 aliphatic carbocycles. The molecule has 0 radical (unpaired) electrons. The van der Waals surface area contributed by atoms with Crippen LogP contribution in [0.1, 0.15) is 23.2 Å². The number of benzene rings is 1. The smallest absolute Gasteiger partial charge is 0.253 e. The third-order valence-corrected chi connectivity index (χ3v) is 5.70. The van der Waals surface area contributed by atoms with Gasteiger partial charge in [-0.1, -0.05) is 0 Å². The van der Waals surface area contributed by atoms with Crippen molar-refractivity contribution in [3.05, 3.63) is 54.1 Å². The summed E-state index contributed by atoms with van der Waals surface area (Å²) in [7, 11) is 2.19. The highest BCUT2D eigenvalue weighted by atomic mass is 19.1. The van der Waals surface area contributed by atoms with Gasteiger partial charge >= 0.3 is 0 Å². The molecule has 2 aliphatic heterocycles. The average Bonchev–Trinajstić information content (AvgIpc) is 3.24. The minimum atomic E-state index is -0.311. The summed E-state index contributed by atoms with van der Waals surface area (Å²) in [5, 5.41) is 4.32. The highest BCUT2D eigenvalue weighted by Gasteiger charge is 2.42. The van der Waals surface area contributed by atoms with E-state index >= 15 is 0 Å². The molecule has 2 saturated heterocycles. The number of halogens is 1. The van der Waals surface area contributed by atoms with E-state index in [4.69, 9.17) is 0 Å². The summed E-state index contributed by atoms with van der Waals surface area (Å²) < 4.78 is 15.1. The summed E-state index contributed by atoms with van der Waals surface area (Å²) in [6, 6.07) is 8.78. The predicted octanol–water partition coefficient (Wildman–Crippen LogP) is 2.26. The van der Waals surface area contributed by atoms with Crippen LogP contribution in [0.3, 0.4) is 0 Å². The first-order valence-corrected chi connectivity index (χ1v) is 8.86. The molecule has 0 spiro atoms. The van der Waals surface area contributed by atoms with Gasteiger partial charge in [0, 0.05) is 43.1 Å². The zero-order valence-electron chi connectivity index (χ0n) is 14.4. The predicted molar refractivity (Wildman–Crippen MR) is 92.6 cm³/mol. The molecule has 0 unspecified atom stereocenters. The van der Waals surface area contributed by atoms with Crippen molar-refractivity contribution in [2.24, 2.45) is 5.92 Å². The number of nitrogens with zero attached hydrogens (tertiary/aromatic N) is 4. The second-order valence-electron chi connectivity index (χ2n) is 7.16. The van der Waals surface area contributed by atoms with Crippen molar-refractivity contribution in [3.63, 3.8) is 0 Å². The van der Waals surface area contributed by atoms with E-state index in [1.54, 1.807) is 12.1 Å². The Morgan fingerprint density at radius 2 is 2.12 bits per heavy atom. The number of rotatable bonds is 3. The van der Waals surface area contributed by atoms with Crippen LogP contribution >= 0.6 is 0 Å². The SMILES string of the molecule is CN1[C@@H](Cn2cccn2)C[C@H]2CN(C(=O)c3ccc(F)cc3)CC[C@H]21. The number of likely N-dealkylation sites (N-methyl/N-ethyl adjacent to an activating group) is 1. The van der Waals surface area contributed by atoms with Crippen LogP contribution in [0, 0.1) is 11.7 Å². The van der Waals surface area contributed by atoms with Crippen LogP contribution in [-0.4, -0.2) is 57.7 Å². The highest BCUT2D eigenvalue weighted by Crippen LogP contribution is 2.35. The molecule has 6 heteroatoms. The Kier molecular flexibility index (Phi) is 4.29. The van der Waals surface area contributed by atoms with E-state index < -0.39 is 0 Å². The molecule has 3 heterocycles. The van der Waals surface area contributed by atoms with Gasteiger partial charge in [0.1, 0.15) is 5.82 Å². The maximum Gasteiger partial charge on any atom is 0.253 e. The number of aromatic nitrogens is 2. The van der Waals surface area contributed by atoms with Gasteiger partial charge in [0.05, 0.1) is 6.54 Å². The lowest BCUT2D eigenvalue weighted by atomic mass is 9.91. The van der Waals surface area contributed by atoms with Crippen molar-refractivity contribution >= 4 is 5.91 Å². The maximum absolute atomic E-state index is 13.1. The number of hydrogen-bond acceptors (Lipinski definition) is 3. The second-order valence-corrected chi connectivity index (χ2v) is 7.16. The molecular formula is C19H23FN4O. The Bertz CT molecular complexity index is 730. The van der Waals surface area contributed by atoms with Crippen LogP contribution in [-0.2, 0) is 6.54 Å². The molecule has 1 amide bonds. The van der Waals surface area contributed by atoms with E-state index in [9.17, 15) is 9.18 Å². The van der Waals surface area contributed by atoms with E-state index in [2.05, 4.69) is 17.0 Å². The maximum atomic E-state index is 13.1. The first-order valence-electron chi connectivity index (χ1n) is 8.86. The number of fused-ring (bicyclic) bond motifs is 1. The monoisotopic (exact) mass is 342 g/mol. The van der Waals surface area contributed by atoms with Crippen molar-refractivity contribution < 1.29 is 9.18 Å². The zero-order chi connectivity index (χ0) is 17.4. The van der Waals surface area contributed by atoms with E-state index in [0.29, 0.717) is 23.6 Å². The van der Waals surface area contributed by atoms with Gasteiger partial charge in [-0.3, -0.25) is 14.4 Å². The second kappa shape index (κ2) is 6.59. The Balaban J connectivity index is 1.42. The zero-order valence-corrected chi connectivity index (χ0v) is 14.4. The Labute approximate surface area is 147 Å². The number of piperidine rings is 1. The third kappa shape index (κ3) is 3.18. The van der Waals surface area contributed by atoms with Crippen LogP contribution in [0.15, 0.2) is 42.7 Å². The van der Waals surface area contributed by atoms with Gasteiger partial charge in [-0.25, -0.2) is 4.39 Å². The van der Waals surface area contributed by atoms with E-state index in [-0.39, 0.29) is 11.7 Å². The van der Waals surface area contributed by atoms with Gasteiger partial charge < -0.3 is 4.90 Å². The number of hydrogen-bond donors (Lipinski definition) is 0. The fraction of sp³-hybridized carbons (Fsp3) is 0.474. The van der Waals surface area contributed by atoms with Crippen molar-refractivity contribution in [3.8, 4) is 0 Å². The van der Waals surface area contributed by atoms with Crippen LogP contribution < -0.4 is 0 Å². The average molecular weight is 342 g/mol. The van der Waals surface area contributed by atoms with Gasteiger partial charge in [0.2, 0.25) is 0 Å². The fourth-order valence-corrected chi connectivity index (χ4v) is 4.36. The lowest BCUT2D eigenvalue weighted by Gasteiger charge is -2.37. The summed E-state index contributed by atoms with van der Waals surface area (Å²) in [4.78, 5) is 17.1. The van der Waals surface area contributed by atoms with Crippen molar-refractivity contribution in [2.75, 3.05) is 20.1 Å². The van der Waals surface area contributed by atoms with E-state index in [1.165, 1.54) is 12.1 Å². The van der Waals surface area contributed by atoms with Gasteiger partial charge in [-0.2, -0.15) is 5.10 Å². The molecule has 132 valence electrons. The van der Waals surface area contributed by atoms with Crippen molar-refractivity contribution in [1.82, 2.24) is 19.6 Å². The quantitative estimate of drug-likeness (QED) is 0.859. The molecule has 2 fully saturated rings. The molecule has 0 bridgehead atoms. The number of carbonyl (C=O) groups is 1. The molecular weight excluding hydrogens is 319 g/mol. The summed E-state index contributed by atoms with van der Waals surface area (Å²) in [6.07, 6.45) is 5.88. The molecule has 1 aromatic carbocycles. The minimum absolute atomic E-state index is 0.0108. The lowest BCUT2D eigenvalue weighted by molar-refractivity contribution is 0.0607. The molecule has 3 atom stereocenters. The largest absolute Gasteiger partial charge is 0.338 e. The van der Waals surface area contributed by atoms with Crippen LogP contribution in [0.2, 0.25) is 0 Å². The minimum Gasteiger partial charge on any atom is -0.338 e. The van der Waals surface area contributed by atoms with Gasteiger partial charge in [-0.05, 0) is 56.1 Å². The Morgan fingerprint density at radius 1 is 1.32 bits per heavy atom. The number of carbonyl (C=O) groups excluding carboxylic acids is 1. The number of amides is 1. The van der Waals surface area contributed by atoms with Crippen molar-refractivity contribution in [2.45, 2.75) is 31.5 Å². The molecule has 1 aromatic heterocycles. The van der Waals surface area contributed by atoms with Gasteiger partial charge in [0.25, 0.3) is 5.91 Å². The molecule has 5 nitrogen and oxygen atoms in total. The highest BCUT2D eigenvalue weighted by molar-refractivity contribution is 5.94. The van der Waals surface area contributed by atoms with Crippen LogP contribution in [0.5, 0.6) is 0 Å². The third-order valence-electron chi connectivity index (χ3n) is 5.70. The van der Waals surface area contributed by atoms with E-state index in [1.807, 2.05) is 28.0 Å². The first-order chi connectivity index (χ1) is 12.1. The van der Waals surface area contributed by atoms with E-state index in [0.717, 1.165) is 32.5 Å². The summed E-state index contributed by atoms with van der Waals surface area (Å²) >= 11 is 0. The normalized spacial score (nSPS) is 26.6. The van der Waals surface area contributed by atoms with Gasteiger partial charge in [-0.15, -0.1) is 0 Å². The fourth-order valence-electron chi connectivity index (χ4n) is 4.36. The molecule has 0 N–H and O–H groups in total. The molecule has 2 aliphatic rings. The van der Waals surface area contributed by atoms with Crippen LogP contribution in [0.25, 0.3) is 0 Å². The standard InChI is InChI=1S/C19H23FN4O/c1-22-17(13-24-9-2-8-21-24)11-15-12-23(10-7-18(15)22)19(25)14-3-5-16(20)6-4-14/h2-6,8-9,15,17-18H,7,10-13H2,1H3/t15-,17+,18+/m0/s1. The first kappa shape index (κ1) is 16.3. The number of likely N-dealkylation sites (tertiary alicyclic amines) is 2. The Morgan fingerprint density at radius 3 is 2.84 bits per heavy atom. The topological polar surface area (TPSA) is 41.4 Å².